The summed E-state index contributed by atoms with van der Waals surface area (Å²) in [6.45, 7) is 1.73. The summed E-state index contributed by atoms with van der Waals surface area (Å²) in [4.78, 5) is 22.3. The van der Waals surface area contributed by atoms with Crippen LogP contribution in [0.5, 0.6) is 0 Å². The summed E-state index contributed by atoms with van der Waals surface area (Å²) in [5, 5.41) is 2.39. The number of fused-ring (bicyclic) bond motifs is 1. The summed E-state index contributed by atoms with van der Waals surface area (Å²) in [6.07, 6.45) is 6.57. The molecule has 1 fully saturated rings. The molecular formula is C20H19N3O. The smallest absolute Gasteiger partial charge is 0.147 e. The van der Waals surface area contributed by atoms with Crippen molar-refractivity contribution < 1.29 is 4.79 Å². The van der Waals surface area contributed by atoms with Crippen LogP contribution in [0.1, 0.15) is 12.8 Å². The molecule has 2 heterocycles. The van der Waals surface area contributed by atoms with E-state index in [1.54, 1.807) is 0 Å². The second kappa shape index (κ2) is 6.40. The van der Waals surface area contributed by atoms with Crippen molar-refractivity contribution in [3.63, 3.8) is 0 Å². The fourth-order valence-corrected chi connectivity index (χ4v) is 3.34. The summed E-state index contributed by atoms with van der Waals surface area (Å²) >= 11 is 0. The summed E-state index contributed by atoms with van der Waals surface area (Å²) in [6, 6.07) is 14.6. The minimum atomic E-state index is 0.198. The third-order valence-corrected chi connectivity index (χ3v) is 4.76. The van der Waals surface area contributed by atoms with Crippen molar-refractivity contribution in [3.05, 3.63) is 54.9 Å². The predicted octanol–water partition coefficient (Wildman–Crippen LogP) is 3.71. The van der Waals surface area contributed by atoms with E-state index in [9.17, 15) is 4.79 Å². The molecule has 0 saturated carbocycles. The highest BCUT2D eigenvalue weighted by Gasteiger charge is 2.19. The zero-order valence-electron chi connectivity index (χ0n) is 13.4. The van der Waals surface area contributed by atoms with Crippen LogP contribution in [0.3, 0.4) is 0 Å². The van der Waals surface area contributed by atoms with Crippen LogP contribution < -0.4 is 4.90 Å². The van der Waals surface area contributed by atoms with Gasteiger partial charge in [-0.2, -0.15) is 0 Å². The Bertz CT molecular complexity index is 847. The lowest BCUT2D eigenvalue weighted by molar-refractivity contribution is -0.111. The van der Waals surface area contributed by atoms with E-state index in [1.807, 2.05) is 24.5 Å². The lowest BCUT2D eigenvalue weighted by Crippen LogP contribution is -2.34. The monoisotopic (exact) mass is 317 g/mol. The number of anilines is 1. The van der Waals surface area contributed by atoms with E-state index >= 15 is 0 Å². The van der Waals surface area contributed by atoms with Gasteiger partial charge in [0.2, 0.25) is 0 Å². The van der Waals surface area contributed by atoms with E-state index in [2.05, 4.69) is 45.2 Å². The van der Waals surface area contributed by atoms with Gasteiger partial charge < -0.3 is 9.69 Å². The minimum Gasteiger partial charge on any atom is -0.355 e. The molecule has 0 N–H and O–H groups in total. The molecule has 4 heteroatoms. The second-order valence-corrected chi connectivity index (χ2v) is 6.25. The Balaban J connectivity index is 1.61. The maximum Gasteiger partial charge on any atom is 0.147 e. The zero-order chi connectivity index (χ0) is 16.4. The van der Waals surface area contributed by atoms with Crippen LogP contribution in [0, 0.1) is 5.92 Å². The van der Waals surface area contributed by atoms with Gasteiger partial charge in [0.05, 0.1) is 18.1 Å². The summed E-state index contributed by atoms with van der Waals surface area (Å²) in [7, 11) is 0. The fourth-order valence-electron chi connectivity index (χ4n) is 3.34. The first-order chi connectivity index (χ1) is 11.8. The fraction of sp³-hybridized carbons (Fsp3) is 0.250. The van der Waals surface area contributed by atoms with Crippen LogP contribution in [-0.4, -0.2) is 29.3 Å². The number of piperidine rings is 1. The first-order valence-corrected chi connectivity index (χ1v) is 8.35. The molecule has 0 spiro atoms. The van der Waals surface area contributed by atoms with Crippen LogP contribution in [-0.2, 0) is 4.79 Å². The largest absolute Gasteiger partial charge is 0.355 e. The van der Waals surface area contributed by atoms with Gasteiger partial charge in [-0.05, 0) is 23.6 Å². The van der Waals surface area contributed by atoms with Crippen molar-refractivity contribution in [2.75, 3.05) is 18.0 Å². The molecule has 0 unspecified atom stereocenters. The van der Waals surface area contributed by atoms with E-state index in [4.69, 9.17) is 0 Å². The molecule has 1 aliphatic heterocycles. The standard InChI is InChI=1S/C20H19N3O/c24-14-15-8-10-23(11-9-15)20-13-21-19(12-22-20)18-7-3-5-16-4-1-2-6-17(16)18/h1-7,12-15H,8-11H2. The summed E-state index contributed by atoms with van der Waals surface area (Å²) in [5.74, 6) is 1.09. The number of hydrogen-bond acceptors (Lipinski definition) is 4. The molecule has 1 aliphatic rings. The molecule has 2 aromatic carbocycles. The maximum absolute atomic E-state index is 10.9. The number of hydrogen-bond donors (Lipinski definition) is 0. The first kappa shape index (κ1) is 14.8. The van der Waals surface area contributed by atoms with Gasteiger partial charge in [-0.15, -0.1) is 0 Å². The maximum atomic E-state index is 10.9. The van der Waals surface area contributed by atoms with E-state index < -0.39 is 0 Å². The van der Waals surface area contributed by atoms with Gasteiger partial charge in [0, 0.05) is 24.6 Å². The highest BCUT2D eigenvalue weighted by atomic mass is 16.1. The van der Waals surface area contributed by atoms with Crippen LogP contribution in [0.4, 0.5) is 5.82 Å². The second-order valence-electron chi connectivity index (χ2n) is 6.25. The number of rotatable bonds is 3. The van der Waals surface area contributed by atoms with E-state index in [-0.39, 0.29) is 5.92 Å². The molecule has 0 bridgehead atoms. The Kier molecular flexibility index (Phi) is 3.95. The average Bonchev–Trinajstić information content (AvgIpc) is 2.68. The van der Waals surface area contributed by atoms with Gasteiger partial charge in [-0.3, -0.25) is 4.98 Å². The zero-order valence-corrected chi connectivity index (χ0v) is 13.4. The Labute approximate surface area is 141 Å². The molecule has 0 atom stereocenters. The number of benzene rings is 2. The van der Waals surface area contributed by atoms with Gasteiger partial charge in [-0.1, -0.05) is 42.5 Å². The Hall–Kier alpha value is -2.75. The Morgan fingerprint density at radius 3 is 2.50 bits per heavy atom. The SMILES string of the molecule is O=CC1CCN(c2cnc(-c3cccc4ccccc34)cn2)CC1. The van der Waals surface area contributed by atoms with Crippen molar-refractivity contribution in [1.29, 1.82) is 0 Å². The number of aromatic nitrogens is 2. The molecular weight excluding hydrogens is 298 g/mol. The number of nitrogens with zero attached hydrogens (tertiary/aromatic N) is 3. The normalized spacial score (nSPS) is 15.6. The van der Waals surface area contributed by atoms with Crippen molar-refractivity contribution in [1.82, 2.24) is 9.97 Å². The number of carbonyl (C=O) groups excluding carboxylic acids is 1. The third kappa shape index (κ3) is 2.75. The lowest BCUT2D eigenvalue weighted by atomic mass is 9.99. The summed E-state index contributed by atoms with van der Waals surface area (Å²) in [5.41, 5.74) is 1.99. The lowest BCUT2D eigenvalue weighted by Gasteiger charge is -2.30. The van der Waals surface area contributed by atoms with E-state index in [0.29, 0.717) is 0 Å². The van der Waals surface area contributed by atoms with E-state index in [1.165, 1.54) is 10.8 Å². The molecule has 120 valence electrons. The highest BCUT2D eigenvalue weighted by molar-refractivity contribution is 5.95. The average molecular weight is 317 g/mol. The van der Waals surface area contributed by atoms with Crippen molar-refractivity contribution in [2.45, 2.75) is 12.8 Å². The van der Waals surface area contributed by atoms with E-state index in [0.717, 1.165) is 49.3 Å². The van der Waals surface area contributed by atoms with Gasteiger partial charge in [-0.25, -0.2) is 4.98 Å². The quantitative estimate of drug-likeness (QED) is 0.691. The van der Waals surface area contributed by atoms with Crippen molar-refractivity contribution in [2.24, 2.45) is 5.92 Å². The molecule has 4 nitrogen and oxygen atoms in total. The Morgan fingerprint density at radius 1 is 0.958 bits per heavy atom. The van der Waals surface area contributed by atoms with Crippen LogP contribution in [0.2, 0.25) is 0 Å². The van der Waals surface area contributed by atoms with Crippen LogP contribution in [0.25, 0.3) is 22.0 Å². The van der Waals surface area contributed by atoms with Gasteiger partial charge in [0.1, 0.15) is 12.1 Å². The molecule has 0 aliphatic carbocycles. The van der Waals surface area contributed by atoms with Crippen molar-refractivity contribution in [3.8, 4) is 11.3 Å². The summed E-state index contributed by atoms with van der Waals surface area (Å²) < 4.78 is 0. The van der Waals surface area contributed by atoms with Crippen LogP contribution in [0.15, 0.2) is 54.9 Å². The molecule has 4 rings (SSSR count). The molecule has 1 aromatic heterocycles. The van der Waals surface area contributed by atoms with Gasteiger partial charge in [0.15, 0.2) is 0 Å². The van der Waals surface area contributed by atoms with Gasteiger partial charge >= 0.3 is 0 Å². The third-order valence-electron chi connectivity index (χ3n) is 4.76. The first-order valence-electron chi connectivity index (χ1n) is 8.35. The molecule has 1 saturated heterocycles. The van der Waals surface area contributed by atoms with Crippen LogP contribution >= 0.6 is 0 Å². The Morgan fingerprint density at radius 2 is 1.75 bits per heavy atom. The topological polar surface area (TPSA) is 46.1 Å². The van der Waals surface area contributed by atoms with Crippen molar-refractivity contribution >= 4 is 22.9 Å². The molecule has 0 amide bonds. The minimum absolute atomic E-state index is 0.198. The predicted molar refractivity (Wildman–Crippen MR) is 96.0 cm³/mol. The van der Waals surface area contributed by atoms with Gasteiger partial charge in [0.25, 0.3) is 0 Å². The number of aldehydes is 1. The number of carbonyl (C=O) groups is 1. The highest BCUT2D eigenvalue weighted by Crippen LogP contribution is 2.28. The molecule has 0 radical (unpaired) electrons. The molecule has 24 heavy (non-hydrogen) atoms. The molecule has 3 aromatic rings.